The number of H-pyrrole nitrogens is 1. The summed E-state index contributed by atoms with van der Waals surface area (Å²) in [5.74, 6) is 0. The fourth-order valence-electron chi connectivity index (χ4n) is 3.06. The maximum atomic E-state index is 4.61. The Bertz CT molecular complexity index is 816. The van der Waals surface area contributed by atoms with Gasteiger partial charge in [0, 0.05) is 23.5 Å². The summed E-state index contributed by atoms with van der Waals surface area (Å²) in [5.41, 5.74) is 6.99. The van der Waals surface area contributed by atoms with E-state index in [0.29, 0.717) is 0 Å². The molecule has 1 aromatic carbocycles. The molecule has 0 amide bonds. The van der Waals surface area contributed by atoms with Gasteiger partial charge in [-0.15, -0.1) is 0 Å². The van der Waals surface area contributed by atoms with E-state index in [1.165, 1.54) is 30.4 Å². The molecular formula is C19H17N3. The molecule has 0 fully saturated rings. The van der Waals surface area contributed by atoms with Crippen LogP contribution in [0.4, 0.5) is 0 Å². The molecule has 0 unspecified atom stereocenters. The van der Waals surface area contributed by atoms with E-state index in [4.69, 9.17) is 0 Å². The molecule has 0 bridgehead atoms. The molecule has 3 nitrogen and oxygen atoms in total. The van der Waals surface area contributed by atoms with Crippen LogP contribution in [0.3, 0.4) is 0 Å². The maximum Gasteiger partial charge on any atom is 0.0795 e. The molecule has 2 aromatic heterocycles. The van der Waals surface area contributed by atoms with Crippen molar-refractivity contribution in [3.8, 4) is 22.5 Å². The summed E-state index contributed by atoms with van der Waals surface area (Å²) >= 11 is 0. The maximum absolute atomic E-state index is 4.61. The molecule has 0 aliphatic heterocycles. The van der Waals surface area contributed by atoms with E-state index in [1.807, 2.05) is 18.3 Å². The fraction of sp³-hybridized carbons (Fsp3) is 0.158. The van der Waals surface area contributed by atoms with Crippen LogP contribution in [-0.2, 0) is 0 Å². The summed E-state index contributed by atoms with van der Waals surface area (Å²) in [7, 11) is 0. The van der Waals surface area contributed by atoms with Crippen LogP contribution in [0.25, 0.3) is 28.1 Å². The third kappa shape index (κ3) is 2.35. The highest BCUT2D eigenvalue weighted by atomic mass is 15.1. The Morgan fingerprint density at radius 3 is 2.73 bits per heavy atom. The number of allylic oxidation sites excluding steroid dienone is 2. The predicted molar refractivity (Wildman–Crippen MR) is 89.1 cm³/mol. The fourth-order valence-corrected chi connectivity index (χ4v) is 3.06. The first kappa shape index (κ1) is 13.0. The molecule has 2 heterocycles. The number of aromatic amines is 1. The van der Waals surface area contributed by atoms with Crippen molar-refractivity contribution < 1.29 is 0 Å². The molecule has 1 N–H and O–H groups in total. The average Bonchev–Trinajstić information content (AvgIpc) is 3.28. The SMILES string of the molecule is C1=C(c2cccc(-c3ncccc3-c3ccn[nH]3)c2)CCC1. The third-order valence-electron chi connectivity index (χ3n) is 4.15. The van der Waals surface area contributed by atoms with Crippen LogP contribution in [-0.4, -0.2) is 15.2 Å². The lowest BCUT2D eigenvalue weighted by atomic mass is 9.98. The van der Waals surface area contributed by atoms with Gasteiger partial charge in [0.1, 0.15) is 0 Å². The van der Waals surface area contributed by atoms with Crippen molar-refractivity contribution in [2.24, 2.45) is 0 Å². The van der Waals surface area contributed by atoms with Crippen molar-refractivity contribution in [2.45, 2.75) is 19.3 Å². The van der Waals surface area contributed by atoms with Crippen molar-refractivity contribution >= 4 is 5.57 Å². The molecule has 1 aliphatic carbocycles. The highest BCUT2D eigenvalue weighted by molar-refractivity contribution is 5.81. The van der Waals surface area contributed by atoms with Crippen LogP contribution in [0, 0.1) is 0 Å². The predicted octanol–water partition coefficient (Wildman–Crippen LogP) is 4.71. The van der Waals surface area contributed by atoms with Gasteiger partial charge in [0.15, 0.2) is 0 Å². The molecule has 0 spiro atoms. The van der Waals surface area contributed by atoms with Gasteiger partial charge in [0.25, 0.3) is 0 Å². The largest absolute Gasteiger partial charge is 0.278 e. The Labute approximate surface area is 129 Å². The summed E-state index contributed by atoms with van der Waals surface area (Å²) in [6.45, 7) is 0. The van der Waals surface area contributed by atoms with E-state index in [9.17, 15) is 0 Å². The Morgan fingerprint density at radius 1 is 0.955 bits per heavy atom. The van der Waals surface area contributed by atoms with Crippen LogP contribution in [0.5, 0.6) is 0 Å². The molecule has 0 saturated carbocycles. The van der Waals surface area contributed by atoms with Crippen molar-refractivity contribution in [3.63, 3.8) is 0 Å². The topological polar surface area (TPSA) is 41.6 Å². The number of nitrogens with one attached hydrogen (secondary N) is 1. The minimum absolute atomic E-state index is 0.993. The Balaban J connectivity index is 1.81. The van der Waals surface area contributed by atoms with Crippen molar-refractivity contribution in [1.82, 2.24) is 15.2 Å². The Kier molecular flexibility index (Phi) is 3.31. The first-order valence-corrected chi connectivity index (χ1v) is 7.66. The van der Waals surface area contributed by atoms with Crippen molar-refractivity contribution in [1.29, 1.82) is 0 Å². The number of aromatic nitrogens is 3. The van der Waals surface area contributed by atoms with Crippen LogP contribution in [0.15, 0.2) is 60.9 Å². The van der Waals surface area contributed by atoms with Gasteiger partial charge in [0.2, 0.25) is 0 Å². The molecule has 0 atom stereocenters. The van der Waals surface area contributed by atoms with Gasteiger partial charge in [0.05, 0.1) is 11.4 Å². The molecular weight excluding hydrogens is 270 g/mol. The lowest BCUT2D eigenvalue weighted by molar-refractivity contribution is 0.935. The number of nitrogens with zero attached hydrogens (tertiary/aromatic N) is 2. The van der Waals surface area contributed by atoms with Gasteiger partial charge in [-0.1, -0.05) is 24.3 Å². The molecule has 1 aliphatic rings. The summed E-state index contributed by atoms with van der Waals surface area (Å²) in [4.78, 5) is 4.61. The lowest BCUT2D eigenvalue weighted by Crippen LogP contribution is -1.90. The average molecular weight is 287 g/mol. The van der Waals surface area contributed by atoms with E-state index in [0.717, 1.165) is 22.5 Å². The van der Waals surface area contributed by atoms with Crippen molar-refractivity contribution in [2.75, 3.05) is 0 Å². The van der Waals surface area contributed by atoms with Gasteiger partial charge in [-0.3, -0.25) is 10.1 Å². The van der Waals surface area contributed by atoms with Gasteiger partial charge < -0.3 is 0 Å². The minimum atomic E-state index is 0.993. The monoisotopic (exact) mass is 287 g/mol. The third-order valence-corrected chi connectivity index (χ3v) is 4.15. The first-order valence-electron chi connectivity index (χ1n) is 7.66. The zero-order valence-corrected chi connectivity index (χ0v) is 12.3. The van der Waals surface area contributed by atoms with Gasteiger partial charge in [-0.25, -0.2) is 0 Å². The van der Waals surface area contributed by atoms with Crippen molar-refractivity contribution in [3.05, 3.63) is 66.5 Å². The molecule has 3 heteroatoms. The highest BCUT2D eigenvalue weighted by Crippen LogP contribution is 2.33. The first-order chi connectivity index (χ1) is 10.9. The number of pyridine rings is 1. The number of hydrogen-bond acceptors (Lipinski definition) is 2. The Morgan fingerprint density at radius 2 is 1.91 bits per heavy atom. The van der Waals surface area contributed by atoms with Gasteiger partial charge >= 0.3 is 0 Å². The van der Waals surface area contributed by atoms with Crippen LogP contribution < -0.4 is 0 Å². The molecule has 4 rings (SSSR count). The van der Waals surface area contributed by atoms with E-state index in [2.05, 4.69) is 51.6 Å². The molecule has 3 aromatic rings. The van der Waals surface area contributed by atoms with Crippen LogP contribution in [0.1, 0.15) is 24.8 Å². The second-order valence-corrected chi connectivity index (χ2v) is 5.57. The summed E-state index contributed by atoms with van der Waals surface area (Å²) < 4.78 is 0. The summed E-state index contributed by atoms with van der Waals surface area (Å²) in [5, 5.41) is 7.08. The molecule has 0 radical (unpaired) electrons. The summed E-state index contributed by atoms with van der Waals surface area (Å²) in [6, 6.07) is 14.7. The van der Waals surface area contributed by atoms with Gasteiger partial charge in [-0.05, 0) is 54.7 Å². The standard InChI is InChI=1S/C19H17N3/c1-2-6-14(5-1)15-7-3-8-16(13-15)19-17(9-4-11-20-19)18-10-12-21-22-18/h3-5,7-13H,1-2,6H2,(H,21,22). The van der Waals surface area contributed by atoms with E-state index >= 15 is 0 Å². The van der Waals surface area contributed by atoms with E-state index < -0.39 is 0 Å². The number of hydrogen-bond donors (Lipinski definition) is 1. The lowest BCUT2D eigenvalue weighted by Gasteiger charge is -2.09. The number of rotatable bonds is 3. The normalized spacial score (nSPS) is 14.1. The summed E-state index contributed by atoms with van der Waals surface area (Å²) in [6.07, 6.45) is 9.61. The number of benzene rings is 1. The van der Waals surface area contributed by atoms with E-state index in [1.54, 1.807) is 6.20 Å². The highest BCUT2D eigenvalue weighted by Gasteiger charge is 2.12. The van der Waals surface area contributed by atoms with Crippen LogP contribution >= 0.6 is 0 Å². The minimum Gasteiger partial charge on any atom is -0.278 e. The van der Waals surface area contributed by atoms with Gasteiger partial charge in [-0.2, -0.15) is 5.10 Å². The quantitative estimate of drug-likeness (QED) is 0.758. The Hall–Kier alpha value is -2.68. The zero-order chi connectivity index (χ0) is 14.8. The van der Waals surface area contributed by atoms with E-state index in [-0.39, 0.29) is 0 Å². The smallest absolute Gasteiger partial charge is 0.0795 e. The molecule has 0 saturated heterocycles. The zero-order valence-electron chi connectivity index (χ0n) is 12.3. The second kappa shape index (κ2) is 5.60. The second-order valence-electron chi connectivity index (χ2n) is 5.57. The molecule has 108 valence electrons. The van der Waals surface area contributed by atoms with Crippen LogP contribution in [0.2, 0.25) is 0 Å². The molecule has 22 heavy (non-hydrogen) atoms.